The highest BCUT2D eigenvalue weighted by molar-refractivity contribution is 7.03. The molecule has 0 bridgehead atoms. The van der Waals surface area contributed by atoms with E-state index >= 15 is 0 Å². The van der Waals surface area contributed by atoms with Crippen LogP contribution in [0.15, 0.2) is 206 Å². The molecular weight excluding hydrogens is 846 g/mol. The van der Waals surface area contributed by atoms with E-state index in [2.05, 4.69) is 240 Å². The number of nitrogens with zero attached hydrogens (tertiary/aromatic N) is 4. The second kappa shape index (κ2) is 17.7. The summed E-state index contributed by atoms with van der Waals surface area (Å²) >= 11 is 0. The first-order valence-corrected chi connectivity index (χ1v) is 25.8. The average molecular weight is 903 g/mol. The van der Waals surface area contributed by atoms with Crippen molar-refractivity contribution in [3.8, 4) is 0 Å². The van der Waals surface area contributed by atoms with Crippen LogP contribution in [0.3, 0.4) is 0 Å². The third kappa shape index (κ3) is 6.82. The largest absolute Gasteiger partial charge is 0.311 e. The van der Waals surface area contributed by atoms with Gasteiger partial charge in [-0.05, 0) is 161 Å². The fraction of sp³-hybridized carbons (Fsp3) is 0.156. The van der Waals surface area contributed by atoms with E-state index in [1.807, 2.05) is 0 Å². The van der Waals surface area contributed by atoms with Gasteiger partial charge in [-0.1, -0.05) is 155 Å². The van der Waals surface area contributed by atoms with Crippen molar-refractivity contribution >= 4 is 114 Å². The van der Waals surface area contributed by atoms with E-state index < -0.39 is 0 Å². The standard InChI is InChI=1S/C64H56B2N4/c1-3-5-11-25-45-39-59-63-61(41-45)69(49-31-17-9-18-32-49)57-44-58-54(43-53(57)65(63)51-35-21-23-37-55(51)67(59)47-27-13-7-14-28-47)66-52-36-22-24-38-56(52)68(48-29-15-8-16-30-48)60-40-46(26-12-6-4-2)42-62(64(60)66)70(58)50-33-19-10-20-34-50/h7-10,13-24,27-44H,3-6,11-12,25-26H2,1-2H3. The molecule has 0 saturated carbocycles. The molecule has 0 N–H and O–H groups in total. The van der Waals surface area contributed by atoms with E-state index in [1.165, 1.54) is 138 Å². The van der Waals surface area contributed by atoms with Crippen LogP contribution in [-0.2, 0) is 12.8 Å². The molecule has 0 atom stereocenters. The molecule has 0 aliphatic carbocycles. The number of para-hydroxylation sites is 6. The SMILES string of the molecule is CCCCCc1cc2c3c(c1)N(c1ccccc1)c1cc4c(cc1B3c1ccccc1N2c1ccccc1)B1c2ccccc2N(c2ccccc2)c2cc(CCCCC)cc(c21)N4c1ccccc1. The van der Waals surface area contributed by atoms with Crippen LogP contribution in [0.2, 0.25) is 0 Å². The highest BCUT2D eigenvalue weighted by Gasteiger charge is 2.48. The van der Waals surface area contributed by atoms with Gasteiger partial charge in [0.15, 0.2) is 0 Å². The Labute approximate surface area is 414 Å². The van der Waals surface area contributed by atoms with E-state index in [-0.39, 0.29) is 13.4 Å². The molecule has 0 spiro atoms. The zero-order valence-corrected chi connectivity index (χ0v) is 40.2. The Kier molecular flexibility index (Phi) is 10.7. The lowest BCUT2D eigenvalue weighted by Gasteiger charge is -2.47. The summed E-state index contributed by atoms with van der Waals surface area (Å²) in [5.41, 5.74) is 25.6. The fourth-order valence-electron chi connectivity index (χ4n) is 12.4. The molecule has 9 aromatic rings. The van der Waals surface area contributed by atoms with Crippen molar-refractivity contribution in [3.63, 3.8) is 0 Å². The molecule has 0 aromatic heterocycles. The summed E-state index contributed by atoms with van der Waals surface area (Å²) in [7, 11) is 0. The Balaban J connectivity index is 1.13. The average Bonchev–Trinajstić information content (AvgIpc) is 3.41. The van der Waals surface area contributed by atoms with Gasteiger partial charge in [-0.15, -0.1) is 0 Å². The van der Waals surface area contributed by atoms with Crippen LogP contribution >= 0.6 is 0 Å². The van der Waals surface area contributed by atoms with Crippen molar-refractivity contribution in [1.82, 2.24) is 0 Å². The van der Waals surface area contributed by atoms with Crippen molar-refractivity contribution in [2.45, 2.75) is 65.2 Å². The minimum atomic E-state index is -0.00208. The van der Waals surface area contributed by atoms with Gasteiger partial charge in [-0.25, -0.2) is 0 Å². The molecule has 70 heavy (non-hydrogen) atoms. The quantitative estimate of drug-likeness (QED) is 0.0894. The van der Waals surface area contributed by atoms with Gasteiger partial charge in [0.1, 0.15) is 0 Å². The minimum absolute atomic E-state index is 0.00208. The lowest BCUT2D eigenvalue weighted by atomic mass is 9.30. The van der Waals surface area contributed by atoms with E-state index in [9.17, 15) is 0 Å². The monoisotopic (exact) mass is 902 g/mol. The zero-order valence-electron chi connectivity index (χ0n) is 40.2. The number of aryl methyl sites for hydroxylation is 2. The van der Waals surface area contributed by atoms with Crippen LogP contribution in [0.5, 0.6) is 0 Å². The summed E-state index contributed by atoms with van der Waals surface area (Å²) in [5, 5.41) is 0. The summed E-state index contributed by atoms with van der Waals surface area (Å²) in [6, 6.07) is 78.3. The van der Waals surface area contributed by atoms with Crippen LogP contribution in [0, 0.1) is 0 Å². The van der Waals surface area contributed by atoms with Crippen molar-refractivity contribution < 1.29 is 0 Å². The maximum atomic E-state index is 2.65. The molecule has 6 heteroatoms. The number of rotatable bonds is 12. The maximum Gasteiger partial charge on any atom is 0.252 e. The fourth-order valence-corrected chi connectivity index (χ4v) is 12.4. The van der Waals surface area contributed by atoms with Gasteiger partial charge in [-0.3, -0.25) is 0 Å². The van der Waals surface area contributed by atoms with E-state index in [0.717, 1.165) is 25.7 Å². The highest BCUT2D eigenvalue weighted by atomic mass is 15.2. The molecule has 4 aliphatic heterocycles. The van der Waals surface area contributed by atoms with Crippen LogP contribution in [0.25, 0.3) is 0 Å². The predicted molar refractivity (Wildman–Crippen MR) is 301 cm³/mol. The van der Waals surface area contributed by atoms with Gasteiger partial charge < -0.3 is 19.6 Å². The molecule has 9 aromatic carbocycles. The normalized spacial score (nSPS) is 13.6. The minimum Gasteiger partial charge on any atom is -0.311 e. The molecule has 0 fully saturated rings. The highest BCUT2D eigenvalue weighted by Crippen LogP contribution is 2.49. The van der Waals surface area contributed by atoms with Gasteiger partial charge in [0, 0.05) is 68.2 Å². The first-order valence-electron chi connectivity index (χ1n) is 25.8. The third-order valence-electron chi connectivity index (χ3n) is 15.4. The zero-order chi connectivity index (χ0) is 46.7. The predicted octanol–water partition coefficient (Wildman–Crippen LogP) is 13.3. The summed E-state index contributed by atoms with van der Waals surface area (Å²) < 4.78 is 0. The van der Waals surface area contributed by atoms with Gasteiger partial charge >= 0.3 is 0 Å². The van der Waals surface area contributed by atoms with Gasteiger partial charge in [-0.2, -0.15) is 0 Å². The Hall–Kier alpha value is -7.69. The number of benzene rings is 9. The van der Waals surface area contributed by atoms with E-state index in [4.69, 9.17) is 0 Å². The van der Waals surface area contributed by atoms with Crippen molar-refractivity contribution in [2.75, 3.05) is 19.6 Å². The lowest BCUT2D eigenvalue weighted by Crippen LogP contribution is -2.65. The second-order valence-corrected chi connectivity index (χ2v) is 19.6. The Morgan fingerprint density at radius 2 is 0.600 bits per heavy atom. The summed E-state index contributed by atoms with van der Waals surface area (Å²) in [5.74, 6) is 0. The summed E-state index contributed by atoms with van der Waals surface area (Å²) in [6.07, 6.45) is 9.19. The van der Waals surface area contributed by atoms with Crippen molar-refractivity contribution in [3.05, 3.63) is 217 Å². The number of anilines is 12. The molecule has 0 unspecified atom stereocenters. The van der Waals surface area contributed by atoms with Gasteiger partial charge in [0.25, 0.3) is 13.4 Å². The first kappa shape index (κ1) is 42.4. The van der Waals surface area contributed by atoms with Gasteiger partial charge in [0.2, 0.25) is 0 Å². The molecule has 4 nitrogen and oxygen atoms in total. The van der Waals surface area contributed by atoms with Crippen LogP contribution in [0.1, 0.15) is 63.5 Å². The number of hydrogen-bond donors (Lipinski definition) is 0. The van der Waals surface area contributed by atoms with Gasteiger partial charge in [0.05, 0.1) is 0 Å². The molecule has 0 radical (unpaired) electrons. The summed E-state index contributed by atoms with van der Waals surface area (Å²) in [4.78, 5) is 10.3. The molecule has 0 amide bonds. The molecule has 0 saturated heterocycles. The number of fused-ring (bicyclic) bond motifs is 8. The van der Waals surface area contributed by atoms with E-state index in [1.54, 1.807) is 0 Å². The number of hydrogen-bond acceptors (Lipinski definition) is 4. The van der Waals surface area contributed by atoms with Crippen LogP contribution < -0.4 is 52.4 Å². The molecule has 4 aliphatic rings. The molecular formula is C64H56B2N4. The van der Waals surface area contributed by atoms with Crippen LogP contribution in [-0.4, -0.2) is 13.4 Å². The second-order valence-electron chi connectivity index (χ2n) is 19.6. The first-order chi connectivity index (χ1) is 34.7. The Morgan fingerprint density at radius 1 is 0.286 bits per heavy atom. The number of unbranched alkanes of at least 4 members (excludes halogenated alkanes) is 4. The topological polar surface area (TPSA) is 13.0 Å². The summed E-state index contributed by atoms with van der Waals surface area (Å²) in [6.45, 7) is 4.61. The van der Waals surface area contributed by atoms with Crippen molar-refractivity contribution in [2.24, 2.45) is 0 Å². The molecule has 338 valence electrons. The van der Waals surface area contributed by atoms with E-state index in [0.29, 0.717) is 0 Å². The third-order valence-corrected chi connectivity index (χ3v) is 15.4. The lowest BCUT2D eigenvalue weighted by molar-refractivity contribution is 0.717. The Bertz CT molecular complexity index is 3170. The molecule has 13 rings (SSSR count). The molecule has 4 heterocycles. The van der Waals surface area contributed by atoms with Crippen molar-refractivity contribution in [1.29, 1.82) is 0 Å². The Morgan fingerprint density at radius 3 is 0.943 bits per heavy atom. The smallest absolute Gasteiger partial charge is 0.252 e. The van der Waals surface area contributed by atoms with Crippen LogP contribution in [0.4, 0.5) is 68.2 Å². The maximum absolute atomic E-state index is 2.65.